The van der Waals surface area contributed by atoms with Gasteiger partial charge in [0.15, 0.2) is 0 Å². The Balaban J connectivity index is 2.02. The van der Waals surface area contributed by atoms with Gasteiger partial charge in [-0.05, 0) is 38.5 Å². The molecule has 2 aromatic carbocycles. The third kappa shape index (κ3) is 6.29. The Morgan fingerprint density at radius 3 is 2.11 bits per heavy atom. The Bertz CT molecular complexity index is 709. The highest BCUT2D eigenvalue weighted by Gasteiger charge is 2.17. The fraction of sp³-hybridized carbons (Fsp3) is 0.409. The molecule has 0 saturated heterocycles. The Kier molecular flexibility index (Phi) is 7.67. The first-order valence-electron chi connectivity index (χ1n) is 9.24. The number of benzene rings is 2. The minimum absolute atomic E-state index is 0.000748. The third-order valence-electron chi connectivity index (χ3n) is 4.46. The molecule has 5 heteroatoms. The summed E-state index contributed by atoms with van der Waals surface area (Å²) in [5.74, 6) is 1.06. The van der Waals surface area contributed by atoms with Gasteiger partial charge in [0, 0.05) is 36.8 Å². The number of nitrogens with one attached hydrogen (secondary N) is 1. The molecule has 0 spiro atoms. The number of ether oxygens (including phenoxy) is 2. The lowest BCUT2D eigenvalue weighted by atomic mass is 10.1. The van der Waals surface area contributed by atoms with E-state index in [-0.39, 0.29) is 11.9 Å². The number of hydrogen-bond acceptors (Lipinski definition) is 4. The predicted octanol–water partition coefficient (Wildman–Crippen LogP) is 3.73. The van der Waals surface area contributed by atoms with Crippen LogP contribution in [0.15, 0.2) is 48.5 Å². The van der Waals surface area contributed by atoms with E-state index >= 15 is 0 Å². The molecule has 2 rings (SSSR count). The lowest BCUT2D eigenvalue weighted by molar-refractivity contribution is 0.0920. The van der Waals surface area contributed by atoms with Crippen molar-refractivity contribution in [2.24, 2.45) is 0 Å². The van der Waals surface area contributed by atoms with Crippen molar-refractivity contribution in [2.45, 2.75) is 39.4 Å². The summed E-state index contributed by atoms with van der Waals surface area (Å²) >= 11 is 0. The quantitative estimate of drug-likeness (QED) is 0.731. The molecule has 27 heavy (non-hydrogen) atoms. The summed E-state index contributed by atoms with van der Waals surface area (Å²) in [6.07, 6.45) is 0. The van der Waals surface area contributed by atoms with Crippen LogP contribution in [0.3, 0.4) is 0 Å². The van der Waals surface area contributed by atoms with Gasteiger partial charge in [0.1, 0.15) is 11.5 Å². The lowest BCUT2D eigenvalue weighted by Crippen LogP contribution is -2.44. The SMILES string of the molecule is COc1cc(OC)cc(C(=O)NC(C)CN(Cc2ccccc2)C(C)C)c1. The van der Waals surface area contributed by atoms with Gasteiger partial charge in [-0.2, -0.15) is 0 Å². The van der Waals surface area contributed by atoms with Crippen molar-refractivity contribution in [3.05, 3.63) is 59.7 Å². The highest BCUT2D eigenvalue weighted by molar-refractivity contribution is 5.95. The van der Waals surface area contributed by atoms with E-state index in [1.165, 1.54) is 5.56 Å². The zero-order chi connectivity index (χ0) is 19.8. The van der Waals surface area contributed by atoms with E-state index in [4.69, 9.17) is 9.47 Å². The number of nitrogens with zero attached hydrogens (tertiary/aromatic N) is 1. The number of amides is 1. The monoisotopic (exact) mass is 370 g/mol. The summed E-state index contributed by atoms with van der Waals surface area (Å²) in [7, 11) is 3.15. The molecule has 0 aliphatic rings. The van der Waals surface area contributed by atoms with Gasteiger partial charge < -0.3 is 14.8 Å². The van der Waals surface area contributed by atoms with E-state index in [9.17, 15) is 4.79 Å². The second-order valence-corrected chi connectivity index (χ2v) is 6.98. The summed E-state index contributed by atoms with van der Waals surface area (Å²) in [4.78, 5) is 15.0. The van der Waals surface area contributed by atoms with Gasteiger partial charge in [-0.15, -0.1) is 0 Å². The molecule has 0 aliphatic carbocycles. The van der Waals surface area contributed by atoms with E-state index in [0.29, 0.717) is 23.1 Å². The highest BCUT2D eigenvalue weighted by atomic mass is 16.5. The molecule has 0 bridgehead atoms. The second kappa shape index (κ2) is 9.97. The van der Waals surface area contributed by atoms with Crippen LogP contribution in [0.25, 0.3) is 0 Å². The average Bonchev–Trinajstić information content (AvgIpc) is 2.67. The van der Waals surface area contributed by atoms with Crippen LogP contribution in [0, 0.1) is 0 Å². The topological polar surface area (TPSA) is 50.8 Å². The largest absolute Gasteiger partial charge is 0.497 e. The molecule has 0 aromatic heterocycles. The second-order valence-electron chi connectivity index (χ2n) is 6.98. The van der Waals surface area contributed by atoms with Crippen molar-refractivity contribution in [2.75, 3.05) is 20.8 Å². The number of methoxy groups -OCH3 is 2. The molecule has 1 amide bonds. The normalized spacial score (nSPS) is 12.1. The van der Waals surface area contributed by atoms with Crippen LogP contribution < -0.4 is 14.8 Å². The molecule has 0 heterocycles. The van der Waals surface area contributed by atoms with Crippen molar-refractivity contribution in [1.29, 1.82) is 0 Å². The maximum absolute atomic E-state index is 12.7. The lowest BCUT2D eigenvalue weighted by Gasteiger charge is -2.29. The van der Waals surface area contributed by atoms with Crippen LogP contribution in [0.1, 0.15) is 36.7 Å². The fourth-order valence-electron chi connectivity index (χ4n) is 2.92. The van der Waals surface area contributed by atoms with Gasteiger partial charge in [0.05, 0.1) is 14.2 Å². The standard InChI is InChI=1S/C22H30N2O3/c1-16(2)24(15-18-9-7-6-8-10-18)14-17(3)23-22(25)19-11-20(26-4)13-21(12-19)27-5/h6-13,16-17H,14-15H2,1-5H3,(H,23,25). The molecule has 0 fully saturated rings. The zero-order valence-electron chi connectivity index (χ0n) is 16.9. The van der Waals surface area contributed by atoms with E-state index in [2.05, 4.69) is 48.3 Å². The highest BCUT2D eigenvalue weighted by Crippen LogP contribution is 2.22. The number of carbonyl (C=O) groups excluding carboxylic acids is 1. The summed E-state index contributed by atoms with van der Waals surface area (Å²) in [5, 5.41) is 3.08. The van der Waals surface area contributed by atoms with E-state index in [1.54, 1.807) is 32.4 Å². The summed E-state index contributed by atoms with van der Waals surface area (Å²) in [6, 6.07) is 15.9. The zero-order valence-corrected chi connectivity index (χ0v) is 16.9. The van der Waals surface area contributed by atoms with Crippen LogP contribution in [0.2, 0.25) is 0 Å². The number of carbonyl (C=O) groups is 1. The third-order valence-corrected chi connectivity index (χ3v) is 4.46. The van der Waals surface area contributed by atoms with Crippen LogP contribution >= 0.6 is 0 Å². The molecule has 0 saturated carbocycles. The van der Waals surface area contributed by atoms with Crippen molar-refractivity contribution in [3.8, 4) is 11.5 Å². The van der Waals surface area contributed by atoms with E-state index in [1.807, 2.05) is 13.0 Å². The molecular formula is C22H30N2O3. The Morgan fingerprint density at radius 2 is 1.59 bits per heavy atom. The summed E-state index contributed by atoms with van der Waals surface area (Å²) in [6.45, 7) is 7.98. The molecule has 0 aliphatic heterocycles. The predicted molar refractivity (Wildman–Crippen MR) is 108 cm³/mol. The van der Waals surface area contributed by atoms with Gasteiger partial charge in [0.2, 0.25) is 0 Å². The van der Waals surface area contributed by atoms with Crippen LogP contribution in [0.4, 0.5) is 0 Å². The van der Waals surface area contributed by atoms with Gasteiger partial charge in [-0.3, -0.25) is 9.69 Å². The van der Waals surface area contributed by atoms with Crippen molar-refractivity contribution >= 4 is 5.91 Å². The summed E-state index contributed by atoms with van der Waals surface area (Å²) < 4.78 is 10.5. The molecule has 1 atom stereocenters. The molecular weight excluding hydrogens is 340 g/mol. The first kappa shape index (κ1) is 20.8. The average molecular weight is 370 g/mol. The molecule has 1 unspecified atom stereocenters. The van der Waals surface area contributed by atoms with Crippen LogP contribution in [-0.4, -0.2) is 43.7 Å². The Labute approximate surface area is 162 Å². The molecule has 0 radical (unpaired) electrons. The minimum Gasteiger partial charge on any atom is -0.497 e. The molecule has 1 N–H and O–H groups in total. The van der Waals surface area contributed by atoms with Gasteiger partial charge in [-0.25, -0.2) is 0 Å². The fourth-order valence-corrected chi connectivity index (χ4v) is 2.92. The van der Waals surface area contributed by atoms with Crippen LogP contribution in [0.5, 0.6) is 11.5 Å². The minimum atomic E-state index is -0.136. The molecule has 5 nitrogen and oxygen atoms in total. The van der Waals surface area contributed by atoms with E-state index in [0.717, 1.165) is 13.1 Å². The summed E-state index contributed by atoms with van der Waals surface area (Å²) in [5.41, 5.74) is 1.79. The first-order valence-corrected chi connectivity index (χ1v) is 9.24. The maximum atomic E-state index is 12.7. The van der Waals surface area contributed by atoms with Crippen LogP contribution in [-0.2, 0) is 6.54 Å². The van der Waals surface area contributed by atoms with Crippen molar-refractivity contribution in [3.63, 3.8) is 0 Å². The smallest absolute Gasteiger partial charge is 0.251 e. The maximum Gasteiger partial charge on any atom is 0.251 e. The Morgan fingerprint density at radius 1 is 1.00 bits per heavy atom. The van der Waals surface area contributed by atoms with E-state index < -0.39 is 0 Å². The Hall–Kier alpha value is -2.53. The number of rotatable bonds is 9. The van der Waals surface area contributed by atoms with Gasteiger partial charge >= 0.3 is 0 Å². The van der Waals surface area contributed by atoms with Gasteiger partial charge in [0.25, 0.3) is 5.91 Å². The first-order chi connectivity index (χ1) is 12.9. The number of hydrogen-bond donors (Lipinski definition) is 1. The molecule has 2 aromatic rings. The van der Waals surface area contributed by atoms with Gasteiger partial charge in [-0.1, -0.05) is 30.3 Å². The molecule has 146 valence electrons. The van der Waals surface area contributed by atoms with Crippen molar-refractivity contribution in [1.82, 2.24) is 10.2 Å². The van der Waals surface area contributed by atoms with Crippen molar-refractivity contribution < 1.29 is 14.3 Å².